The van der Waals surface area contributed by atoms with E-state index >= 15 is 0 Å². The molecule has 2 N–H and O–H groups in total. The second-order valence-electron chi connectivity index (χ2n) is 6.61. The summed E-state index contributed by atoms with van der Waals surface area (Å²) in [5.74, 6) is 0.112. The van der Waals surface area contributed by atoms with E-state index in [0.29, 0.717) is 13.0 Å². The number of hydrogen-bond donors (Lipinski definition) is 1. The van der Waals surface area contributed by atoms with Crippen molar-refractivity contribution in [3.05, 3.63) is 29.7 Å². The number of nitrogens with two attached hydrogens (primary N) is 1. The van der Waals surface area contributed by atoms with Crippen LogP contribution in [-0.4, -0.2) is 44.9 Å². The Labute approximate surface area is 139 Å². The van der Waals surface area contributed by atoms with Gasteiger partial charge in [-0.15, -0.1) is 11.3 Å². The van der Waals surface area contributed by atoms with E-state index in [1.54, 1.807) is 18.6 Å². The molecule has 0 bridgehead atoms. The van der Waals surface area contributed by atoms with Gasteiger partial charge in [0.2, 0.25) is 5.91 Å². The van der Waals surface area contributed by atoms with Gasteiger partial charge in [-0.05, 0) is 11.8 Å². The standard InChI is InChI=1S/C16H21N5OS/c1-16(2)10-21(6-3-13(16)17)14(22)7-11-9-23-15(20-11)12-8-18-4-5-19-12/h4-5,8-9,13H,3,6-7,10,17H2,1-2H3. The lowest BCUT2D eigenvalue weighted by Crippen LogP contribution is -2.54. The molecular formula is C16H21N5OS. The fraction of sp³-hybridized carbons (Fsp3) is 0.500. The highest BCUT2D eigenvalue weighted by Crippen LogP contribution is 2.28. The Morgan fingerprint density at radius 2 is 2.30 bits per heavy atom. The Kier molecular flexibility index (Phi) is 4.41. The Balaban J connectivity index is 1.66. The van der Waals surface area contributed by atoms with Gasteiger partial charge in [-0.1, -0.05) is 13.8 Å². The highest BCUT2D eigenvalue weighted by atomic mass is 32.1. The minimum absolute atomic E-state index is 0.0409. The van der Waals surface area contributed by atoms with Gasteiger partial charge in [0.1, 0.15) is 10.7 Å². The molecule has 6 nitrogen and oxygen atoms in total. The first-order valence-corrected chi connectivity index (χ1v) is 8.58. The summed E-state index contributed by atoms with van der Waals surface area (Å²) < 4.78 is 0. The van der Waals surface area contributed by atoms with Crippen LogP contribution in [0, 0.1) is 5.41 Å². The predicted molar refractivity (Wildman–Crippen MR) is 89.8 cm³/mol. The van der Waals surface area contributed by atoms with Gasteiger partial charge in [0, 0.05) is 36.9 Å². The fourth-order valence-electron chi connectivity index (χ4n) is 2.77. The summed E-state index contributed by atoms with van der Waals surface area (Å²) in [6.07, 6.45) is 6.12. The lowest BCUT2D eigenvalue weighted by molar-refractivity contribution is -0.133. The normalized spacial score (nSPS) is 20.5. The van der Waals surface area contributed by atoms with Crippen LogP contribution in [0.25, 0.3) is 10.7 Å². The molecule has 23 heavy (non-hydrogen) atoms. The zero-order chi connectivity index (χ0) is 16.4. The number of rotatable bonds is 3. The SMILES string of the molecule is CC1(C)CN(C(=O)Cc2csc(-c3cnccn3)n2)CCC1N. The number of carbonyl (C=O) groups is 1. The molecular weight excluding hydrogens is 310 g/mol. The van der Waals surface area contributed by atoms with E-state index in [1.165, 1.54) is 11.3 Å². The highest BCUT2D eigenvalue weighted by Gasteiger charge is 2.35. The van der Waals surface area contributed by atoms with E-state index < -0.39 is 0 Å². The van der Waals surface area contributed by atoms with E-state index in [1.807, 2.05) is 10.3 Å². The number of likely N-dealkylation sites (tertiary alicyclic amines) is 1. The second kappa shape index (κ2) is 6.33. The lowest BCUT2D eigenvalue weighted by Gasteiger charge is -2.42. The number of nitrogens with zero attached hydrogens (tertiary/aromatic N) is 4. The van der Waals surface area contributed by atoms with E-state index in [4.69, 9.17) is 5.73 Å². The van der Waals surface area contributed by atoms with Crippen LogP contribution in [0.3, 0.4) is 0 Å². The summed E-state index contributed by atoms with van der Waals surface area (Å²) in [4.78, 5) is 27.2. The molecule has 0 spiro atoms. The van der Waals surface area contributed by atoms with Crippen molar-refractivity contribution in [2.75, 3.05) is 13.1 Å². The summed E-state index contributed by atoms with van der Waals surface area (Å²) in [6.45, 7) is 5.66. The maximum atomic E-state index is 12.5. The molecule has 3 heterocycles. The van der Waals surface area contributed by atoms with Crippen molar-refractivity contribution < 1.29 is 4.79 Å². The van der Waals surface area contributed by atoms with Crippen LogP contribution in [0.2, 0.25) is 0 Å². The first-order valence-electron chi connectivity index (χ1n) is 7.70. The number of amides is 1. The van der Waals surface area contributed by atoms with Crippen LogP contribution in [0.15, 0.2) is 24.0 Å². The van der Waals surface area contributed by atoms with Crippen molar-refractivity contribution in [1.29, 1.82) is 0 Å². The highest BCUT2D eigenvalue weighted by molar-refractivity contribution is 7.13. The van der Waals surface area contributed by atoms with Gasteiger partial charge in [0.15, 0.2) is 0 Å². The van der Waals surface area contributed by atoms with Gasteiger partial charge in [-0.3, -0.25) is 14.8 Å². The fourth-order valence-corrected chi connectivity index (χ4v) is 3.55. The molecule has 2 aromatic rings. The third-order valence-corrected chi connectivity index (χ3v) is 5.24. The minimum atomic E-state index is -0.0409. The Hall–Kier alpha value is -1.86. The number of aromatic nitrogens is 3. The number of carbonyl (C=O) groups excluding carboxylic acids is 1. The Morgan fingerprint density at radius 1 is 1.48 bits per heavy atom. The first kappa shape index (κ1) is 16.0. The van der Waals surface area contributed by atoms with Gasteiger partial charge >= 0.3 is 0 Å². The van der Waals surface area contributed by atoms with E-state index in [2.05, 4.69) is 28.8 Å². The molecule has 1 saturated heterocycles. The zero-order valence-corrected chi connectivity index (χ0v) is 14.2. The molecule has 1 atom stereocenters. The molecule has 1 fully saturated rings. The smallest absolute Gasteiger partial charge is 0.228 e. The molecule has 0 saturated carbocycles. The molecule has 3 rings (SSSR count). The molecule has 1 amide bonds. The largest absolute Gasteiger partial charge is 0.342 e. The molecule has 0 aromatic carbocycles. The summed E-state index contributed by atoms with van der Waals surface area (Å²) >= 11 is 1.49. The predicted octanol–water partition coefficient (Wildman–Crippen LogP) is 1.73. The summed E-state index contributed by atoms with van der Waals surface area (Å²) in [5, 5.41) is 2.71. The van der Waals surface area contributed by atoms with Crippen LogP contribution < -0.4 is 5.73 Å². The van der Waals surface area contributed by atoms with Gasteiger partial charge in [0.05, 0.1) is 18.3 Å². The van der Waals surface area contributed by atoms with E-state index in [0.717, 1.165) is 29.4 Å². The lowest BCUT2D eigenvalue weighted by atomic mass is 9.79. The van der Waals surface area contributed by atoms with Crippen molar-refractivity contribution in [1.82, 2.24) is 19.9 Å². The van der Waals surface area contributed by atoms with Crippen LogP contribution in [-0.2, 0) is 11.2 Å². The van der Waals surface area contributed by atoms with Crippen molar-refractivity contribution in [2.45, 2.75) is 32.7 Å². The molecule has 0 radical (unpaired) electrons. The Bertz CT molecular complexity index is 685. The summed E-state index contributed by atoms with van der Waals surface area (Å²) in [7, 11) is 0. The molecule has 2 aromatic heterocycles. The monoisotopic (exact) mass is 331 g/mol. The van der Waals surface area contributed by atoms with Crippen molar-refractivity contribution in [3.8, 4) is 10.7 Å². The van der Waals surface area contributed by atoms with Crippen molar-refractivity contribution in [2.24, 2.45) is 11.1 Å². The van der Waals surface area contributed by atoms with Crippen LogP contribution in [0.4, 0.5) is 0 Å². The average Bonchev–Trinajstić information content (AvgIpc) is 2.99. The molecule has 0 aliphatic carbocycles. The Morgan fingerprint density at radius 3 is 3.00 bits per heavy atom. The summed E-state index contributed by atoms with van der Waals surface area (Å²) in [5.41, 5.74) is 7.62. The third kappa shape index (κ3) is 3.56. The molecule has 122 valence electrons. The second-order valence-corrected chi connectivity index (χ2v) is 7.47. The number of piperidine rings is 1. The molecule has 1 aliphatic heterocycles. The van der Waals surface area contributed by atoms with E-state index in [-0.39, 0.29) is 17.4 Å². The first-order chi connectivity index (χ1) is 11.0. The van der Waals surface area contributed by atoms with Gasteiger partial charge in [0.25, 0.3) is 0 Å². The molecule has 1 unspecified atom stereocenters. The zero-order valence-electron chi connectivity index (χ0n) is 13.4. The van der Waals surface area contributed by atoms with Crippen LogP contribution in [0.1, 0.15) is 26.0 Å². The average molecular weight is 331 g/mol. The molecule has 7 heteroatoms. The maximum absolute atomic E-state index is 12.5. The van der Waals surface area contributed by atoms with Crippen LogP contribution >= 0.6 is 11.3 Å². The summed E-state index contributed by atoms with van der Waals surface area (Å²) in [6, 6.07) is 0.147. The quantitative estimate of drug-likeness (QED) is 0.926. The van der Waals surface area contributed by atoms with Crippen LogP contribution in [0.5, 0.6) is 0 Å². The third-order valence-electron chi connectivity index (χ3n) is 4.33. The minimum Gasteiger partial charge on any atom is -0.342 e. The van der Waals surface area contributed by atoms with Gasteiger partial charge in [-0.2, -0.15) is 0 Å². The number of hydrogen-bond acceptors (Lipinski definition) is 6. The number of thiazole rings is 1. The van der Waals surface area contributed by atoms with Gasteiger partial charge < -0.3 is 10.6 Å². The topological polar surface area (TPSA) is 85.0 Å². The molecule has 1 aliphatic rings. The van der Waals surface area contributed by atoms with E-state index in [9.17, 15) is 4.79 Å². The van der Waals surface area contributed by atoms with Gasteiger partial charge in [-0.25, -0.2) is 4.98 Å². The van der Waals surface area contributed by atoms with Crippen molar-refractivity contribution >= 4 is 17.2 Å². The maximum Gasteiger partial charge on any atom is 0.228 e. The van der Waals surface area contributed by atoms with Crippen molar-refractivity contribution in [3.63, 3.8) is 0 Å².